The van der Waals surface area contributed by atoms with Crippen LogP contribution in [0.15, 0.2) is 0 Å². The Bertz CT molecular complexity index is 251. The lowest BCUT2D eigenvalue weighted by molar-refractivity contribution is -0.122. The molecule has 0 radical (unpaired) electrons. The van der Waals surface area contributed by atoms with Crippen molar-refractivity contribution in [3.8, 4) is 0 Å². The van der Waals surface area contributed by atoms with Crippen LogP contribution >= 0.6 is 0 Å². The van der Waals surface area contributed by atoms with Crippen molar-refractivity contribution in [2.75, 3.05) is 13.1 Å². The molecule has 1 aliphatic carbocycles. The predicted octanol–water partition coefficient (Wildman–Crippen LogP) is 0.965. The molecule has 0 unspecified atom stereocenters. The smallest absolute Gasteiger partial charge is 0.407 e. The highest BCUT2D eigenvalue weighted by Gasteiger charge is 2.39. The van der Waals surface area contributed by atoms with Gasteiger partial charge in [0.05, 0.1) is 0 Å². The van der Waals surface area contributed by atoms with Gasteiger partial charge >= 0.3 is 6.09 Å². The summed E-state index contributed by atoms with van der Waals surface area (Å²) in [7, 11) is 0. The van der Waals surface area contributed by atoms with Crippen molar-refractivity contribution in [2.45, 2.75) is 19.3 Å². The van der Waals surface area contributed by atoms with Crippen molar-refractivity contribution >= 4 is 11.9 Å². The summed E-state index contributed by atoms with van der Waals surface area (Å²) in [5.41, 5.74) is 0. The summed E-state index contributed by atoms with van der Waals surface area (Å²) in [5.74, 6) is 0.808. The number of likely N-dealkylation sites (tertiary alicyclic amines) is 1. The number of nitrogens with zero attached hydrogens (tertiary/aromatic N) is 1. The minimum atomic E-state index is -0.849. The molecule has 1 aliphatic heterocycles. The number of rotatable bonds is 0. The van der Waals surface area contributed by atoms with E-state index in [0.717, 1.165) is 12.8 Å². The van der Waals surface area contributed by atoms with E-state index in [-0.39, 0.29) is 5.92 Å². The minimum absolute atomic E-state index is 0.163. The first-order valence-electron chi connectivity index (χ1n) is 4.69. The number of carbonyl (C=O) groups is 2. The van der Waals surface area contributed by atoms with Gasteiger partial charge in [0.2, 0.25) is 0 Å². The lowest BCUT2D eigenvalue weighted by Gasteiger charge is -2.32. The molecule has 13 heavy (non-hydrogen) atoms. The largest absolute Gasteiger partial charge is 0.465 e. The molecule has 0 bridgehead atoms. The van der Waals surface area contributed by atoms with Gasteiger partial charge in [-0.3, -0.25) is 4.79 Å². The zero-order valence-corrected chi connectivity index (χ0v) is 7.40. The molecule has 2 aliphatic rings. The molecular formula is C9H13NO3. The fourth-order valence-corrected chi connectivity index (χ4v) is 2.44. The molecule has 0 aromatic heterocycles. The average Bonchev–Trinajstić information content (AvgIpc) is 2.47. The molecule has 0 spiro atoms. The van der Waals surface area contributed by atoms with Crippen LogP contribution in [0.25, 0.3) is 0 Å². The third-order valence-corrected chi connectivity index (χ3v) is 3.18. The zero-order chi connectivity index (χ0) is 9.42. The summed E-state index contributed by atoms with van der Waals surface area (Å²) in [5, 5.41) is 8.77. The van der Waals surface area contributed by atoms with Crippen LogP contribution in [0.5, 0.6) is 0 Å². The number of piperidine rings is 1. The van der Waals surface area contributed by atoms with Gasteiger partial charge in [-0.25, -0.2) is 4.79 Å². The Morgan fingerprint density at radius 3 is 2.92 bits per heavy atom. The molecule has 1 saturated heterocycles. The van der Waals surface area contributed by atoms with Gasteiger partial charge in [0.1, 0.15) is 5.78 Å². The van der Waals surface area contributed by atoms with Crippen LogP contribution in [0.2, 0.25) is 0 Å². The molecule has 1 amide bonds. The second kappa shape index (κ2) is 3.01. The van der Waals surface area contributed by atoms with E-state index >= 15 is 0 Å². The number of hydrogen-bond acceptors (Lipinski definition) is 2. The predicted molar refractivity (Wildman–Crippen MR) is 45.4 cm³/mol. The molecule has 0 aromatic carbocycles. The number of Topliss-reactive ketones (excluding diaryl/α,β-unsaturated/α-hetero) is 1. The molecule has 2 rings (SSSR count). The fraction of sp³-hybridized carbons (Fsp3) is 0.778. The van der Waals surface area contributed by atoms with Crippen molar-refractivity contribution in [2.24, 2.45) is 11.8 Å². The molecule has 1 saturated carbocycles. The van der Waals surface area contributed by atoms with Gasteiger partial charge in [-0.05, 0) is 18.8 Å². The van der Waals surface area contributed by atoms with E-state index < -0.39 is 6.09 Å². The third-order valence-electron chi connectivity index (χ3n) is 3.18. The summed E-state index contributed by atoms with van der Waals surface area (Å²) in [6.07, 6.45) is 1.42. The van der Waals surface area contributed by atoms with Gasteiger partial charge in [0.15, 0.2) is 0 Å². The molecule has 4 nitrogen and oxygen atoms in total. The van der Waals surface area contributed by atoms with Gasteiger partial charge in [-0.1, -0.05) is 0 Å². The standard InChI is InChI=1S/C9H13NO3/c11-8-2-1-6-5-10(9(12)13)4-3-7(6)8/h6-7H,1-5H2,(H,12,13)/t6-,7-/m1/s1. The van der Waals surface area contributed by atoms with Crippen LogP contribution in [0.1, 0.15) is 19.3 Å². The van der Waals surface area contributed by atoms with E-state index in [1.54, 1.807) is 0 Å². The zero-order valence-electron chi connectivity index (χ0n) is 7.40. The SMILES string of the molecule is O=C1CC[C@@H]2CN(C(=O)O)CC[C@@H]12. The van der Waals surface area contributed by atoms with Crippen LogP contribution in [0, 0.1) is 11.8 Å². The number of amides is 1. The Labute approximate surface area is 76.5 Å². The monoisotopic (exact) mass is 183 g/mol. The lowest BCUT2D eigenvalue weighted by Crippen LogP contribution is -2.42. The lowest BCUT2D eigenvalue weighted by atomic mass is 9.88. The van der Waals surface area contributed by atoms with E-state index in [9.17, 15) is 9.59 Å². The number of ketones is 1. The summed E-state index contributed by atoms with van der Waals surface area (Å²) in [4.78, 5) is 23.4. The van der Waals surface area contributed by atoms with Crippen LogP contribution < -0.4 is 0 Å². The maximum atomic E-state index is 11.3. The molecule has 1 N–H and O–H groups in total. The van der Waals surface area contributed by atoms with Crippen molar-refractivity contribution in [3.63, 3.8) is 0 Å². The molecule has 2 fully saturated rings. The summed E-state index contributed by atoms with van der Waals surface area (Å²) >= 11 is 0. The van der Waals surface area contributed by atoms with E-state index in [4.69, 9.17) is 5.11 Å². The van der Waals surface area contributed by atoms with Crippen LogP contribution in [-0.4, -0.2) is 35.0 Å². The molecule has 1 heterocycles. The second-order valence-electron chi connectivity index (χ2n) is 3.89. The topological polar surface area (TPSA) is 57.6 Å². The Hall–Kier alpha value is -1.06. The molecule has 0 aromatic rings. The first kappa shape index (κ1) is 8.53. The van der Waals surface area contributed by atoms with Gasteiger partial charge in [-0.2, -0.15) is 0 Å². The van der Waals surface area contributed by atoms with Crippen molar-refractivity contribution in [3.05, 3.63) is 0 Å². The summed E-state index contributed by atoms with van der Waals surface area (Å²) in [6.45, 7) is 1.09. The maximum Gasteiger partial charge on any atom is 0.407 e. The highest BCUT2D eigenvalue weighted by Crippen LogP contribution is 2.35. The Morgan fingerprint density at radius 1 is 1.46 bits per heavy atom. The van der Waals surface area contributed by atoms with Gasteiger partial charge < -0.3 is 10.0 Å². The van der Waals surface area contributed by atoms with Crippen molar-refractivity contribution in [1.29, 1.82) is 0 Å². The van der Waals surface area contributed by atoms with Crippen molar-refractivity contribution in [1.82, 2.24) is 4.90 Å². The number of carboxylic acid groups (broad SMARTS) is 1. The van der Waals surface area contributed by atoms with E-state index in [1.807, 2.05) is 0 Å². The van der Waals surface area contributed by atoms with Gasteiger partial charge in [0, 0.05) is 25.4 Å². The highest BCUT2D eigenvalue weighted by molar-refractivity contribution is 5.83. The quantitative estimate of drug-likeness (QED) is 0.608. The molecule has 2 atom stereocenters. The van der Waals surface area contributed by atoms with E-state index in [0.29, 0.717) is 31.2 Å². The highest BCUT2D eigenvalue weighted by atomic mass is 16.4. The minimum Gasteiger partial charge on any atom is -0.465 e. The Balaban J connectivity index is 2.03. The van der Waals surface area contributed by atoms with E-state index in [2.05, 4.69) is 0 Å². The number of fused-ring (bicyclic) bond motifs is 1. The third kappa shape index (κ3) is 1.41. The maximum absolute atomic E-state index is 11.3. The molecular weight excluding hydrogens is 170 g/mol. The fourth-order valence-electron chi connectivity index (χ4n) is 2.44. The van der Waals surface area contributed by atoms with E-state index in [1.165, 1.54) is 4.90 Å². The normalized spacial score (nSPS) is 33.2. The van der Waals surface area contributed by atoms with Crippen molar-refractivity contribution < 1.29 is 14.7 Å². The number of carbonyl (C=O) groups excluding carboxylic acids is 1. The van der Waals surface area contributed by atoms with Gasteiger partial charge in [-0.15, -0.1) is 0 Å². The summed E-state index contributed by atoms with van der Waals surface area (Å²) < 4.78 is 0. The van der Waals surface area contributed by atoms with Gasteiger partial charge in [0.25, 0.3) is 0 Å². The first-order valence-corrected chi connectivity index (χ1v) is 4.69. The Morgan fingerprint density at radius 2 is 2.23 bits per heavy atom. The van der Waals surface area contributed by atoms with Crippen LogP contribution in [-0.2, 0) is 4.79 Å². The van der Waals surface area contributed by atoms with Crippen LogP contribution in [0.3, 0.4) is 0 Å². The molecule has 72 valence electrons. The second-order valence-corrected chi connectivity index (χ2v) is 3.89. The average molecular weight is 183 g/mol. The number of hydrogen-bond donors (Lipinski definition) is 1. The summed E-state index contributed by atoms with van der Waals surface area (Å²) in [6, 6.07) is 0. The molecule has 4 heteroatoms. The Kier molecular flexibility index (Phi) is 1.98. The first-order chi connectivity index (χ1) is 6.18. The van der Waals surface area contributed by atoms with Crippen LogP contribution in [0.4, 0.5) is 4.79 Å².